The monoisotopic (exact) mass is 415 g/mol. The SMILES string of the molecule is CN1C(=O)C2C(C1=O)C1C=C(CCCO)C2C(C2CC2)N1Cc1ccc([N+](=O)[O-])o1. The van der Waals surface area contributed by atoms with E-state index in [9.17, 15) is 24.8 Å². The number of piperidine rings is 1. The highest BCUT2D eigenvalue weighted by Crippen LogP contribution is 2.56. The molecule has 3 fully saturated rings. The van der Waals surface area contributed by atoms with Crippen molar-refractivity contribution in [3.05, 3.63) is 39.7 Å². The normalized spacial score (nSPS) is 33.2. The first-order valence-electron chi connectivity index (χ1n) is 10.5. The summed E-state index contributed by atoms with van der Waals surface area (Å²) in [5.74, 6) is -0.452. The second-order valence-electron chi connectivity index (χ2n) is 8.87. The van der Waals surface area contributed by atoms with Crippen LogP contribution in [0, 0.1) is 33.8 Å². The minimum atomic E-state index is -0.554. The molecular formula is C21H25N3O6. The number of carbonyl (C=O) groups is 2. The molecule has 9 nitrogen and oxygen atoms in total. The fourth-order valence-electron chi connectivity index (χ4n) is 5.88. The summed E-state index contributed by atoms with van der Waals surface area (Å²) < 4.78 is 5.42. The van der Waals surface area contributed by atoms with Crippen LogP contribution in [0.15, 0.2) is 28.2 Å². The third-order valence-corrected chi connectivity index (χ3v) is 7.21. The minimum Gasteiger partial charge on any atom is -0.404 e. The van der Waals surface area contributed by atoms with E-state index in [1.54, 1.807) is 13.1 Å². The van der Waals surface area contributed by atoms with Crippen molar-refractivity contribution in [1.82, 2.24) is 9.80 Å². The van der Waals surface area contributed by atoms with Crippen molar-refractivity contribution >= 4 is 17.7 Å². The molecule has 3 aliphatic heterocycles. The Morgan fingerprint density at radius 2 is 1.93 bits per heavy atom. The molecule has 5 atom stereocenters. The number of hydrogen-bond donors (Lipinski definition) is 1. The molecule has 5 unspecified atom stereocenters. The lowest BCUT2D eigenvalue weighted by Gasteiger charge is -2.55. The first kappa shape index (κ1) is 19.4. The Hall–Kier alpha value is -2.52. The van der Waals surface area contributed by atoms with E-state index >= 15 is 0 Å². The lowest BCUT2D eigenvalue weighted by atomic mass is 9.61. The molecule has 2 saturated heterocycles. The highest BCUT2D eigenvalue weighted by molar-refractivity contribution is 6.06. The Morgan fingerprint density at radius 3 is 2.57 bits per heavy atom. The van der Waals surface area contributed by atoms with E-state index in [-0.39, 0.29) is 48.2 Å². The van der Waals surface area contributed by atoms with Crippen LogP contribution < -0.4 is 0 Å². The molecule has 2 bridgehead atoms. The molecular weight excluding hydrogens is 390 g/mol. The van der Waals surface area contributed by atoms with Gasteiger partial charge in [0.25, 0.3) is 0 Å². The number of nitrogens with zero attached hydrogens (tertiary/aromatic N) is 3. The van der Waals surface area contributed by atoms with Crippen molar-refractivity contribution in [2.45, 2.75) is 44.3 Å². The summed E-state index contributed by atoms with van der Waals surface area (Å²) in [4.78, 5) is 39.9. The van der Waals surface area contributed by atoms with Gasteiger partial charge in [-0.3, -0.25) is 29.5 Å². The Morgan fingerprint density at radius 1 is 1.20 bits per heavy atom. The van der Waals surface area contributed by atoms with Crippen LogP contribution in [0.2, 0.25) is 0 Å². The molecule has 6 rings (SSSR count). The van der Waals surface area contributed by atoms with Gasteiger partial charge in [-0.25, -0.2) is 0 Å². The van der Waals surface area contributed by atoms with E-state index in [0.717, 1.165) is 19.3 Å². The summed E-state index contributed by atoms with van der Waals surface area (Å²) in [5.41, 5.74) is 1.17. The zero-order valence-corrected chi connectivity index (χ0v) is 16.8. The molecule has 1 aromatic heterocycles. The van der Waals surface area contributed by atoms with Crippen LogP contribution in [0.5, 0.6) is 0 Å². The average Bonchev–Trinajstić information content (AvgIpc) is 3.42. The molecule has 0 radical (unpaired) electrons. The Bertz CT molecular complexity index is 935. The van der Waals surface area contributed by atoms with Gasteiger partial charge in [-0.2, -0.15) is 0 Å². The zero-order valence-electron chi connectivity index (χ0n) is 16.8. The predicted molar refractivity (Wildman–Crippen MR) is 104 cm³/mol. The lowest BCUT2D eigenvalue weighted by molar-refractivity contribution is -0.402. The molecule has 1 N–H and O–H groups in total. The Kier molecular flexibility index (Phi) is 4.55. The smallest absolute Gasteiger partial charge is 0.404 e. The van der Waals surface area contributed by atoms with E-state index in [1.165, 1.54) is 16.5 Å². The summed E-state index contributed by atoms with van der Waals surface area (Å²) in [6.45, 7) is 0.456. The third kappa shape index (κ3) is 2.83. The van der Waals surface area contributed by atoms with Gasteiger partial charge in [0.1, 0.15) is 10.7 Å². The maximum atomic E-state index is 13.0. The highest BCUT2D eigenvalue weighted by atomic mass is 16.6. The number of likely N-dealkylation sites (tertiary alicyclic amines) is 1. The van der Waals surface area contributed by atoms with Gasteiger partial charge in [0, 0.05) is 31.7 Å². The number of hydrogen-bond acceptors (Lipinski definition) is 7. The third-order valence-electron chi connectivity index (χ3n) is 7.21. The average molecular weight is 415 g/mol. The Balaban J connectivity index is 1.54. The lowest BCUT2D eigenvalue weighted by Crippen LogP contribution is -2.63. The number of imide groups is 1. The van der Waals surface area contributed by atoms with Crippen LogP contribution >= 0.6 is 0 Å². The minimum absolute atomic E-state index is 0.0644. The molecule has 2 aliphatic carbocycles. The number of amides is 2. The van der Waals surface area contributed by atoms with Crippen molar-refractivity contribution in [2.75, 3.05) is 13.7 Å². The van der Waals surface area contributed by atoms with Crippen LogP contribution in [-0.2, 0) is 16.1 Å². The van der Waals surface area contributed by atoms with Crippen molar-refractivity contribution in [3.63, 3.8) is 0 Å². The topological polar surface area (TPSA) is 117 Å². The number of fused-ring (bicyclic) bond motifs is 1. The standard InChI is InChI=1S/C21H25N3O6/c1-22-20(26)17-14-9-12(3-2-8-25)16(18(17)21(22)27)19(11-4-5-11)23(14)10-13-6-7-15(30-13)24(28)29/h6-7,9,11,14,16-19,25H,2-5,8,10H2,1H3. The van der Waals surface area contributed by atoms with Crippen molar-refractivity contribution < 1.29 is 24.0 Å². The van der Waals surface area contributed by atoms with Crippen LogP contribution in [-0.4, -0.2) is 57.4 Å². The van der Waals surface area contributed by atoms with E-state index in [2.05, 4.69) is 11.0 Å². The van der Waals surface area contributed by atoms with Crippen LogP contribution in [0.3, 0.4) is 0 Å². The van der Waals surface area contributed by atoms with Gasteiger partial charge in [0.15, 0.2) is 0 Å². The number of aliphatic hydroxyl groups is 1. The summed E-state index contributed by atoms with van der Waals surface area (Å²) in [6.07, 6.45) is 5.61. The van der Waals surface area contributed by atoms with Gasteiger partial charge < -0.3 is 9.52 Å². The van der Waals surface area contributed by atoms with Gasteiger partial charge in [0.05, 0.1) is 24.4 Å². The van der Waals surface area contributed by atoms with Crippen molar-refractivity contribution in [1.29, 1.82) is 0 Å². The van der Waals surface area contributed by atoms with E-state index < -0.39 is 10.8 Å². The number of rotatable bonds is 7. The van der Waals surface area contributed by atoms with Gasteiger partial charge in [0.2, 0.25) is 11.8 Å². The van der Waals surface area contributed by atoms with Gasteiger partial charge >= 0.3 is 5.88 Å². The van der Waals surface area contributed by atoms with Crippen molar-refractivity contribution in [2.24, 2.45) is 23.7 Å². The largest absolute Gasteiger partial charge is 0.433 e. The van der Waals surface area contributed by atoms with Gasteiger partial charge in [-0.1, -0.05) is 11.6 Å². The molecule has 1 saturated carbocycles. The molecule has 0 aromatic carbocycles. The van der Waals surface area contributed by atoms with Crippen LogP contribution in [0.4, 0.5) is 5.88 Å². The molecule has 160 valence electrons. The maximum absolute atomic E-state index is 13.0. The van der Waals surface area contributed by atoms with Crippen molar-refractivity contribution in [3.8, 4) is 0 Å². The molecule has 4 heterocycles. The van der Waals surface area contributed by atoms with Crippen LogP contribution in [0.25, 0.3) is 0 Å². The number of furan rings is 1. The molecule has 9 heteroatoms. The Labute approximate surface area is 173 Å². The molecule has 5 aliphatic rings. The fraction of sp³-hybridized carbons (Fsp3) is 0.619. The second-order valence-corrected chi connectivity index (χ2v) is 8.87. The molecule has 0 spiro atoms. The van der Waals surface area contributed by atoms with Crippen LogP contribution in [0.1, 0.15) is 31.4 Å². The van der Waals surface area contributed by atoms with E-state index in [1.807, 2.05) is 0 Å². The molecule has 1 aromatic rings. The zero-order chi connectivity index (χ0) is 21.2. The highest BCUT2D eigenvalue weighted by Gasteiger charge is 2.64. The summed E-state index contributed by atoms with van der Waals surface area (Å²) >= 11 is 0. The summed E-state index contributed by atoms with van der Waals surface area (Å²) in [5, 5.41) is 20.3. The molecule has 2 amide bonds. The molecule has 30 heavy (non-hydrogen) atoms. The number of aliphatic hydroxyl groups excluding tert-OH is 1. The first-order chi connectivity index (χ1) is 14.4. The van der Waals surface area contributed by atoms with E-state index in [0.29, 0.717) is 24.6 Å². The van der Waals surface area contributed by atoms with Gasteiger partial charge in [-0.15, -0.1) is 0 Å². The number of carbonyl (C=O) groups excluding carboxylic acids is 2. The maximum Gasteiger partial charge on any atom is 0.433 e. The van der Waals surface area contributed by atoms with E-state index in [4.69, 9.17) is 4.42 Å². The van der Waals surface area contributed by atoms with Gasteiger partial charge in [-0.05, 0) is 37.7 Å². The quantitative estimate of drug-likeness (QED) is 0.312. The summed E-state index contributed by atoms with van der Waals surface area (Å²) in [6, 6.07) is 2.83. The predicted octanol–water partition coefficient (Wildman–Crippen LogP) is 1.71. The second kappa shape index (κ2) is 7.02. The summed E-state index contributed by atoms with van der Waals surface area (Å²) in [7, 11) is 1.56. The number of nitro groups is 1. The first-order valence-corrected chi connectivity index (χ1v) is 10.5. The fourth-order valence-corrected chi connectivity index (χ4v) is 5.88.